The maximum absolute atomic E-state index is 13.9. The predicted octanol–water partition coefficient (Wildman–Crippen LogP) is 2.33. The fourth-order valence-corrected chi connectivity index (χ4v) is 1.29. The Balaban J connectivity index is 3.12. The number of benzene rings is 1. The van der Waals surface area contributed by atoms with Crippen molar-refractivity contribution < 1.29 is 18.8 Å². The van der Waals surface area contributed by atoms with Gasteiger partial charge in [0.2, 0.25) is 0 Å². The predicted molar refractivity (Wildman–Crippen MR) is 58.1 cm³/mol. The van der Waals surface area contributed by atoms with Crippen molar-refractivity contribution in [2.45, 2.75) is 6.17 Å². The van der Waals surface area contributed by atoms with E-state index in [1.807, 2.05) is 0 Å². The summed E-state index contributed by atoms with van der Waals surface area (Å²) in [7, 11) is 1.08. The van der Waals surface area contributed by atoms with Gasteiger partial charge in [0.15, 0.2) is 6.17 Å². The lowest BCUT2D eigenvalue weighted by molar-refractivity contribution is -0.385. The van der Waals surface area contributed by atoms with Gasteiger partial charge >= 0.3 is 5.97 Å². The molecule has 6 heteroatoms. The van der Waals surface area contributed by atoms with E-state index in [0.29, 0.717) is 0 Å². The Morgan fingerprint density at radius 1 is 1.53 bits per heavy atom. The summed E-state index contributed by atoms with van der Waals surface area (Å²) in [6.45, 7) is 3.23. The van der Waals surface area contributed by atoms with Gasteiger partial charge < -0.3 is 4.74 Å². The number of nitro groups is 1. The van der Waals surface area contributed by atoms with Crippen LogP contribution in [0.5, 0.6) is 0 Å². The first kappa shape index (κ1) is 12.8. The van der Waals surface area contributed by atoms with Gasteiger partial charge in [0.05, 0.1) is 23.2 Å². The van der Waals surface area contributed by atoms with E-state index < -0.39 is 28.3 Å². The van der Waals surface area contributed by atoms with Gasteiger partial charge in [0.1, 0.15) is 0 Å². The van der Waals surface area contributed by atoms with E-state index in [-0.39, 0.29) is 5.56 Å². The molecule has 0 heterocycles. The molecule has 0 saturated carbocycles. The van der Waals surface area contributed by atoms with Gasteiger partial charge in [-0.2, -0.15) is 0 Å². The highest BCUT2D eigenvalue weighted by Gasteiger charge is 2.27. The van der Waals surface area contributed by atoms with Crippen molar-refractivity contribution in [2.24, 2.45) is 0 Å². The highest BCUT2D eigenvalue weighted by atomic mass is 19.1. The number of carbonyl (C=O) groups is 1. The maximum Gasteiger partial charge on any atom is 0.336 e. The Labute approximate surface area is 96.7 Å². The number of carbonyl (C=O) groups excluding carboxylic acids is 1. The summed E-state index contributed by atoms with van der Waals surface area (Å²) in [5.74, 6) is -0.935. The minimum absolute atomic E-state index is 0.215. The van der Waals surface area contributed by atoms with Crippen LogP contribution in [0.15, 0.2) is 36.4 Å². The zero-order valence-corrected chi connectivity index (χ0v) is 9.05. The monoisotopic (exact) mass is 239 g/mol. The number of halogens is 1. The molecule has 0 aliphatic carbocycles. The first-order chi connectivity index (χ1) is 7.99. The fourth-order valence-electron chi connectivity index (χ4n) is 1.29. The van der Waals surface area contributed by atoms with Crippen LogP contribution in [0.25, 0.3) is 0 Å². The highest BCUT2D eigenvalue weighted by Crippen LogP contribution is 2.32. The number of nitrogens with zero attached hydrogens (tertiary/aromatic N) is 1. The number of alkyl halides is 1. The second kappa shape index (κ2) is 5.20. The zero-order valence-electron chi connectivity index (χ0n) is 9.05. The van der Waals surface area contributed by atoms with Crippen LogP contribution >= 0.6 is 0 Å². The fraction of sp³-hybridized carbons (Fsp3) is 0.182. The van der Waals surface area contributed by atoms with Gasteiger partial charge in [-0.1, -0.05) is 18.7 Å². The molecule has 5 nitrogen and oxygen atoms in total. The molecule has 0 aliphatic heterocycles. The van der Waals surface area contributed by atoms with E-state index >= 15 is 0 Å². The SMILES string of the molecule is C=C(C(=O)OC)C(F)c1ccccc1[N+](=O)[O-]. The summed E-state index contributed by atoms with van der Waals surface area (Å²) in [6.07, 6.45) is -1.95. The molecule has 90 valence electrons. The third-order valence-corrected chi connectivity index (χ3v) is 2.16. The molecule has 1 unspecified atom stereocenters. The third-order valence-electron chi connectivity index (χ3n) is 2.16. The van der Waals surface area contributed by atoms with Crippen LogP contribution in [0.2, 0.25) is 0 Å². The normalized spacial score (nSPS) is 11.6. The van der Waals surface area contributed by atoms with Crippen LogP contribution < -0.4 is 0 Å². The molecule has 1 rings (SSSR count). The lowest BCUT2D eigenvalue weighted by Gasteiger charge is -2.10. The molecule has 1 aromatic carbocycles. The van der Waals surface area contributed by atoms with E-state index in [1.165, 1.54) is 18.2 Å². The minimum Gasteiger partial charge on any atom is -0.466 e. The molecule has 0 saturated heterocycles. The van der Waals surface area contributed by atoms with Crippen LogP contribution in [0.1, 0.15) is 11.7 Å². The summed E-state index contributed by atoms with van der Waals surface area (Å²) in [6, 6.07) is 5.25. The summed E-state index contributed by atoms with van der Waals surface area (Å²) >= 11 is 0. The van der Waals surface area contributed by atoms with Crippen molar-refractivity contribution in [1.29, 1.82) is 0 Å². The molecular weight excluding hydrogens is 229 g/mol. The second-order valence-corrected chi connectivity index (χ2v) is 3.20. The van der Waals surface area contributed by atoms with Crippen molar-refractivity contribution in [1.82, 2.24) is 0 Å². The van der Waals surface area contributed by atoms with E-state index in [0.717, 1.165) is 13.2 Å². The van der Waals surface area contributed by atoms with E-state index in [4.69, 9.17) is 0 Å². The lowest BCUT2D eigenvalue weighted by atomic mass is 10.0. The van der Waals surface area contributed by atoms with Gasteiger partial charge in [-0.15, -0.1) is 0 Å². The van der Waals surface area contributed by atoms with E-state index in [1.54, 1.807) is 0 Å². The molecule has 0 spiro atoms. The molecule has 0 bridgehead atoms. The van der Waals surface area contributed by atoms with Gasteiger partial charge in [0.25, 0.3) is 5.69 Å². The molecule has 17 heavy (non-hydrogen) atoms. The number of rotatable bonds is 4. The zero-order chi connectivity index (χ0) is 13.0. The summed E-state index contributed by atoms with van der Waals surface area (Å²) in [4.78, 5) is 21.0. The Hall–Kier alpha value is -2.24. The molecule has 0 radical (unpaired) electrons. The molecule has 0 aliphatic rings. The highest BCUT2D eigenvalue weighted by molar-refractivity contribution is 5.89. The van der Waals surface area contributed by atoms with Crippen LogP contribution in [0.4, 0.5) is 10.1 Å². The molecule has 1 aromatic rings. The summed E-state index contributed by atoms with van der Waals surface area (Å²) < 4.78 is 18.2. The molecule has 0 amide bonds. The molecular formula is C11H10FNO4. The van der Waals surface area contributed by atoms with E-state index in [2.05, 4.69) is 11.3 Å². The Bertz CT molecular complexity index is 472. The quantitative estimate of drug-likeness (QED) is 0.350. The van der Waals surface area contributed by atoms with Gasteiger partial charge in [-0.05, 0) is 6.07 Å². The number of hydrogen-bond donors (Lipinski definition) is 0. The molecule has 1 atom stereocenters. The van der Waals surface area contributed by atoms with Crippen molar-refractivity contribution in [2.75, 3.05) is 7.11 Å². The number of methoxy groups -OCH3 is 1. The van der Waals surface area contributed by atoms with Gasteiger partial charge in [-0.25, -0.2) is 9.18 Å². The topological polar surface area (TPSA) is 69.4 Å². The molecule has 0 N–H and O–H groups in total. The molecule has 0 fully saturated rings. The average Bonchev–Trinajstić information content (AvgIpc) is 2.35. The minimum atomic E-state index is -1.95. The number of ether oxygens (including phenoxy) is 1. The van der Waals surface area contributed by atoms with Gasteiger partial charge in [-0.3, -0.25) is 10.1 Å². The van der Waals surface area contributed by atoms with Gasteiger partial charge in [0, 0.05) is 6.07 Å². The average molecular weight is 239 g/mol. The largest absolute Gasteiger partial charge is 0.466 e. The molecule has 0 aromatic heterocycles. The van der Waals surface area contributed by atoms with Crippen molar-refractivity contribution in [3.05, 3.63) is 52.1 Å². The summed E-state index contributed by atoms with van der Waals surface area (Å²) in [5.41, 5.74) is -1.08. The van der Waals surface area contributed by atoms with Crippen molar-refractivity contribution >= 4 is 11.7 Å². The van der Waals surface area contributed by atoms with Crippen molar-refractivity contribution in [3.63, 3.8) is 0 Å². The first-order valence-electron chi connectivity index (χ1n) is 4.63. The Morgan fingerprint density at radius 3 is 2.65 bits per heavy atom. The number of para-hydroxylation sites is 1. The smallest absolute Gasteiger partial charge is 0.336 e. The van der Waals surface area contributed by atoms with Crippen LogP contribution in [-0.4, -0.2) is 18.0 Å². The Kier molecular flexibility index (Phi) is 3.92. The second-order valence-electron chi connectivity index (χ2n) is 3.20. The standard InChI is InChI=1S/C11H10FNO4/c1-7(11(14)17-2)10(12)8-5-3-4-6-9(8)13(15)16/h3-6,10H,1H2,2H3. The summed E-state index contributed by atoms with van der Waals surface area (Å²) in [5, 5.41) is 10.7. The van der Waals surface area contributed by atoms with Crippen molar-refractivity contribution in [3.8, 4) is 0 Å². The maximum atomic E-state index is 13.9. The number of hydrogen-bond acceptors (Lipinski definition) is 4. The lowest BCUT2D eigenvalue weighted by Crippen LogP contribution is -2.10. The Morgan fingerprint density at radius 2 is 2.12 bits per heavy atom. The first-order valence-corrected chi connectivity index (χ1v) is 4.63. The van der Waals surface area contributed by atoms with Crippen LogP contribution in [0, 0.1) is 10.1 Å². The number of esters is 1. The van der Waals surface area contributed by atoms with Crippen LogP contribution in [-0.2, 0) is 9.53 Å². The van der Waals surface area contributed by atoms with E-state index in [9.17, 15) is 19.3 Å². The number of nitro benzene ring substituents is 1. The third kappa shape index (κ3) is 2.66. The van der Waals surface area contributed by atoms with Crippen LogP contribution in [0.3, 0.4) is 0 Å².